The van der Waals surface area contributed by atoms with Crippen LogP contribution in [0.3, 0.4) is 0 Å². The Hall–Kier alpha value is -5.79. The van der Waals surface area contributed by atoms with Crippen molar-refractivity contribution >= 4 is 23.6 Å². The van der Waals surface area contributed by atoms with Gasteiger partial charge in [-0.1, -0.05) is 41.6 Å². The number of nitrogens with zero attached hydrogens (tertiary/aromatic N) is 6. The number of amides is 4. The van der Waals surface area contributed by atoms with Crippen LogP contribution in [0.4, 0.5) is 0 Å². The van der Waals surface area contributed by atoms with Gasteiger partial charge in [0.25, 0.3) is 11.8 Å². The van der Waals surface area contributed by atoms with Crippen LogP contribution in [0.5, 0.6) is 11.5 Å². The molecule has 1 fully saturated rings. The van der Waals surface area contributed by atoms with Crippen molar-refractivity contribution in [1.29, 1.82) is 0 Å². The normalized spacial score (nSPS) is 18.1. The Morgan fingerprint density at radius 3 is 2.48 bits per heavy atom. The minimum atomic E-state index is -0.906. The molecule has 14 nitrogen and oxygen atoms in total. The number of aromatic nitrogens is 4. The fourth-order valence-electron chi connectivity index (χ4n) is 6.55. The van der Waals surface area contributed by atoms with E-state index in [1.807, 2.05) is 36.5 Å². The number of fused-ring (bicyclic) bond motifs is 3. The number of pyridine rings is 1. The van der Waals surface area contributed by atoms with E-state index in [9.17, 15) is 19.2 Å². The van der Waals surface area contributed by atoms with Crippen molar-refractivity contribution in [1.82, 2.24) is 40.4 Å². The number of piperidine rings is 1. The average molecular weight is 709 g/mol. The number of benzene rings is 2. The van der Waals surface area contributed by atoms with Crippen LogP contribution in [0, 0.1) is 5.92 Å². The Morgan fingerprint density at radius 1 is 0.923 bits per heavy atom. The fourth-order valence-corrected chi connectivity index (χ4v) is 6.55. The van der Waals surface area contributed by atoms with Gasteiger partial charge in [-0.05, 0) is 42.7 Å². The smallest absolute Gasteiger partial charge is 0.255 e. The van der Waals surface area contributed by atoms with E-state index >= 15 is 0 Å². The summed E-state index contributed by atoms with van der Waals surface area (Å²) in [5, 5.41) is 14.5. The molecular formula is C38H44N8O6. The fraction of sp³-hybridized carbons (Fsp3) is 0.395. The molecule has 4 aromatic rings. The van der Waals surface area contributed by atoms with Gasteiger partial charge in [0.15, 0.2) is 11.5 Å². The highest BCUT2D eigenvalue weighted by Crippen LogP contribution is 2.31. The second-order valence-electron chi connectivity index (χ2n) is 12.9. The van der Waals surface area contributed by atoms with Crippen LogP contribution in [-0.2, 0) is 29.0 Å². The summed E-state index contributed by atoms with van der Waals surface area (Å²) in [7, 11) is 1.51. The Kier molecular flexibility index (Phi) is 12.1. The zero-order valence-electron chi connectivity index (χ0n) is 29.3. The monoisotopic (exact) mass is 708 g/mol. The van der Waals surface area contributed by atoms with Gasteiger partial charge in [0.05, 0.1) is 25.0 Å². The van der Waals surface area contributed by atoms with E-state index in [1.165, 1.54) is 7.11 Å². The van der Waals surface area contributed by atoms with Crippen molar-refractivity contribution in [3.63, 3.8) is 0 Å². The Balaban J connectivity index is 1.19. The molecule has 2 aromatic carbocycles. The second kappa shape index (κ2) is 17.4. The van der Waals surface area contributed by atoms with Gasteiger partial charge in [-0.15, -0.1) is 5.10 Å². The lowest BCUT2D eigenvalue weighted by Gasteiger charge is -2.34. The molecule has 2 bridgehead atoms. The molecule has 1 saturated heterocycles. The molecule has 2 aliphatic rings. The SMILES string of the molecule is COc1cccc2c1OCCCn1cc(nn1)CCN(C(=O)C1CCN(C(=O)c3ccncc3)CC1)CCNC(=O)[C@H](Cc1ccccc1)NC2=O. The quantitative estimate of drug-likeness (QED) is 0.318. The summed E-state index contributed by atoms with van der Waals surface area (Å²) >= 11 is 0. The first-order valence-corrected chi connectivity index (χ1v) is 17.7. The van der Waals surface area contributed by atoms with Crippen molar-refractivity contribution in [3.05, 3.63) is 102 Å². The first-order chi connectivity index (χ1) is 25.4. The number of ether oxygens (including phenoxy) is 2. The maximum Gasteiger partial charge on any atom is 0.255 e. The highest BCUT2D eigenvalue weighted by Gasteiger charge is 2.31. The lowest BCUT2D eigenvalue weighted by Crippen LogP contribution is -2.50. The Morgan fingerprint density at radius 2 is 1.71 bits per heavy atom. The van der Waals surface area contributed by atoms with E-state index < -0.39 is 11.9 Å². The maximum absolute atomic E-state index is 14.0. The largest absolute Gasteiger partial charge is 0.493 e. The molecule has 0 aliphatic carbocycles. The third-order valence-corrected chi connectivity index (χ3v) is 9.40. The molecule has 0 spiro atoms. The molecule has 2 aromatic heterocycles. The van der Waals surface area contributed by atoms with Gasteiger partial charge >= 0.3 is 0 Å². The molecule has 6 rings (SSSR count). The van der Waals surface area contributed by atoms with Crippen molar-refractivity contribution in [2.24, 2.45) is 5.92 Å². The first kappa shape index (κ1) is 36.0. The van der Waals surface area contributed by atoms with Gasteiger partial charge in [0.1, 0.15) is 6.04 Å². The van der Waals surface area contributed by atoms with Crippen molar-refractivity contribution in [2.75, 3.05) is 46.4 Å². The van der Waals surface area contributed by atoms with E-state index in [1.54, 1.807) is 57.2 Å². The lowest BCUT2D eigenvalue weighted by molar-refractivity contribution is -0.137. The number of hydrogen-bond acceptors (Lipinski definition) is 9. The van der Waals surface area contributed by atoms with Gasteiger partial charge in [0, 0.05) is 88.6 Å². The average Bonchev–Trinajstić information content (AvgIpc) is 3.64. The van der Waals surface area contributed by atoms with E-state index in [0.717, 1.165) is 11.3 Å². The van der Waals surface area contributed by atoms with Gasteiger partial charge < -0.3 is 29.9 Å². The zero-order chi connectivity index (χ0) is 36.3. The molecule has 52 heavy (non-hydrogen) atoms. The van der Waals surface area contributed by atoms with Crippen LogP contribution < -0.4 is 20.1 Å². The number of rotatable bonds is 5. The van der Waals surface area contributed by atoms with Crippen LogP contribution in [0.15, 0.2) is 79.3 Å². The number of carbonyl (C=O) groups is 4. The van der Waals surface area contributed by atoms with Crippen LogP contribution in [0.2, 0.25) is 0 Å². The van der Waals surface area contributed by atoms with Crippen molar-refractivity contribution in [3.8, 4) is 11.5 Å². The predicted molar refractivity (Wildman–Crippen MR) is 191 cm³/mol. The summed E-state index contributed by atoms with van der Waals surface area (Å²) in [4.78, 5) is 62.1. The van der Waals surface area contributed by atoms with E-state index in [4.69, 9.17) is 9.47 Å². The third-order valence-electron chi connectivity index (χ3n) is 9.40. The Bertz CT molecular complexity index is 1830. The molecule has 272 valence electrons. The van der Waals surface area contributed by atoms with Gasteiger partial charge in [-0.2, -0.15) is 0 Å². The van der Waals surface area contributed by atoms with Gasteiger partial charge in [-0.3, -0.25) is 28.8 Å². The summed E-state index contributed by atoms with van der Waals surface area (Å²) in [5.74, 6) is -0.524. The number of nitrogens with one attached hydrogen (secondary N) is 2. The van der Waals surface area contributed by atoms with Crippen LogP contribution in [0.1, 0.15) is 51.2 Å². The number of methoxy groups -OCH3 is 1. The van der Waals surface area contributed by atoms with Crippen molar-refractivity contribution < 1.29 is 28.7 Å². The molecule has 4 heterocycles. The minimum absolute atomic E-state index is 0.0274. The van der Waals surface area contributed by atoms with E-state index in [-0.39, 0.29) is 55.3 Å². The standard InChI is InChI=1S/C38H44N8O6/c1-51-33-10-5-9-31-34(33)52-24-6-19-46-26-30(42-43-46)15-22-45(23-18-40-36(48)32(41-35(31)47)25-27-7-3-2-4-8-27)38(50)29-13-20-44(21-14-29)37(49)28-11-16-39-17-12-28/h2-5,7-12,16-17,26,29,32H,6,13-15,18-25H2,1H3,(H,40,48)(H,41,47)/t32-/m0/s1. The van der Waals surface area contributed by atoms with Crippen LogP contribution in [0.25, 0.3) is 0 Å². The maximum atomic E-state index is 14.0. The van der Waals surface area contributed by atoms with Crippen LogP contribution in [-0.4, -0.2) is 106 Å². The molecule has 4 amide bonds. The summed E-state index contributed by atoms with van der Waals surface area (Å²) < 4.78 is 13.4. The highest BCUT2D eigenvalue weighted by atomic mass is 16.5. The van der Waals surface area contributed by atoms with E-state index in [2.05, 4.69) is 25.9 Å². The molecule has 14 heteroatoms. The Labute approximate surface area is 302 Å². The molecule has 0 radical (unpaired) electrons. The number of para-hydroxylation sites is 1. The molecule has 0 unspecified atom stereocenters. The summed E-state index contributed by atoms with van der Waals surface area (Å²) in [6.07, 6.45) is 7.43. The summed E-state index contributed by atoms with van der Waals surface area (Å²) in [6.45, 7) is 2.55. The molecular weight excluding hydrogens is 664 g/mol. The molecule has 0 saturated carbocycles. The van der Waals surface area contributed by atoms with Crippen LogP contribution >= 0.6 is 0 Å². The van der Waals surface area contributed by atoms with E-state index in [0.29, 0.717) is 68.9 Å². The summed E-state index contributed by atoms with van der Waals surface area (Å²) in [5.41, 5.74) is 2.44. The zero-order valence-corrected chi connectivity index (χ0v) is 29.3. The number of likely N-dealkylation sites (tertiary alicyclic amines) is 1. The number of hydrogen-bond donors (Lipinski definition) is 2. The van der Waals surface area contributed by atoms with Gasteiger partial charge in [-0.25, -0.2) is 0 Å². The number of carbonyl (C=O) groups excluding carboxylic acids is 4. The predicted octanol–water partition coefficient (Wildman–Crippen LogP) is 2.55. The third kappa shape index (κ3) is 9.11. The summed E-state index contributed by atoms with van der Waals surface area (Å²) in [6, 6.07) is 17.0. The second-order valence-corrected chi connectivity index (χ2v) is 12.9. The molecule has 2 aliphatic heterocycles. The lowest BCUT2D eigenvalue weighted by atomic mass is 9.94. The minimum Gasteiger partial charge on any atom is -0.493 e. The highest BCUT2D eigenvalue weighted by molar-refractivity contribution is 6.00. The number of aryl methyl sites for hydroxylation is 1. The molecule has 2 N–H and O–H groups in total. The first-order valence-electron chi connectivity index (χ1n) is 17.7. The van der Waals surface area contributed by atoms with Crippen molar-refractivity contribution in [2.45, 2.75) is 44.7 Å². The van der Waals surface area contributed by atoms with Gasteiger partial charge in [0.2, 0.25) is 11.8 Å². The topological polar surface area (TPSA) is 161 Å². The molecule has 1 atom stereocenters.